The van der Waals surface area contributed by atoms with Crippen LogP contribution in [0.5, 0.6) is 0 Å². The van der Waals surface area contributed by atoms with Gasteiger partial charge in [0.2, 0.25) is 0 Å². The molecule has 1 aliphatic heterocycles. The van der Waals surface area contributed by atoms with Crippen molar-refractivity contribution in [3.05, 3.63) is 29.3 Å². The summed E-state index contributed by atoms with van der Waals surface area (Å²) in [5, 5.41) is 3.40. The minimum atomic E-state index is 0.687. The Balaban J connectivity index is 2.43. The quantitative estimate of drug-likeness (QED) is 0.667. The number of fused-ring (bicyclic) bond motifs is 1. The van der Waals surface area contributed by atoms with E-state index in [1.54, 1.807) is 0 Å². The first kappa shape index (κ1) is 7.66. The molecule has 0 aromatic heterocycles. The first-order valence-corrected chi connectivity index (χ1v) is 4.68. The van der Waals surface area contributed by atoms with E-state index >= 15 is 0 Å². The molecule has 1 atom stereocenters. The zero-order valence-corrected chi connectivity index (χ0v) is 7.72. The third-order valence-corrected chi connectivity index (χ3v) is 2.65. The van der Waals surface area contributed by atoms with Crippen molar-refractivity contribution in [1.29, 1.82) is 0 Å². The highest BCUT2D eigenvalue weighted by molar-refractivity contribution is 5.58. The molecule has 0 bridgehead atoms. The first-order chi connectivity index (χ1) is 5.81. The van der Waals surface area contributed by atoms with Crippen molar-refractivity contribution in [2.45, 2.75) is 26.2 Å². The first-order valence-electron chi connectivity index (χ1n) is 4.68. The Labute approximate surface area is 73.8 Å². The van der Waals surface area contributed by atoms with Crippen molar-refractivity contribution >= 4 is 5.69 Å². The fourth-order valence-electron chi connectivity index (χ4n) is 1.77. The molecule has 0 spiro atoms. The molecule has 1 heterocycles. The van der Waals surface area contributed by atoms with E-state index < -0.39 is 0 Å². The lowest BCUT2D eigenvalue weighted by Crippen LogP contribution is -1.95. The zero-order chi connectivity index (χ0) is 8.55. The molecule has 1 aromatic rings. The van der Waals surface area contributed by atoms with Crippen molar-refractivity contribution in [3.8, 4) is 0 Å². The van der Waals surface area contributed by atoms with Gasteiger partial charge in [-0.05, 0) is 23.6 Å². The van der Waals surface area contributed by atoms with Crippen molar-refractivity contribution in [2.24, 2.45) is 0 Å². The molecule has 0 saturated heterocycles. The molecular weight excluding hydrogens is 146 g/mol. The molecular formula is C11H15N. The summed E-state index contributed by atoms with van der Waals surface area (Å²) in [6.45, 7) is 5.58. The van der Waals surface area contributed by atoms with Crippen LogP contribution in [0.2, 0.25) is 0 Å². The van der Waals surface area contributed by atoms with Gasteiger partial charge in [-0.3, -0.25) is 0 Å². The van der Waals surface area contributed by atoms with Crippen LogP contribution in [0.3, 0.4) is 0 Å². The van der Waals surface area contributed by atoms with Gasteiger partial charge in [0.15, 0.2) is 0 Å². The molecule has 1 unspecified atom stereocenters. The summed E-state index contributed by atoms with van der Waals surface area (Å²) in [4.78, 5) is 0. The van der Waals surface area contributed by atoms with Gasteiger partial charge in [-0.25, -0.2) is 0 Å². The van der Waals surface area contributed by atoms with Crippen LogP contribution in [0.4, 0.5) is 5.69 Å². The van der Waals surface area contributed by atoms with Crippen LogP contribution < -0.4 is 5.32 Å². The van der Waals surface area contributed by atoms with Crippen LogP contribution >= 0.6 is 0 Å². The molecule has 2 rings (SSSR count). The Bertz CT molecular complexity index is 291. The molecule has 0 amide bonds. The van der Waals surface area contributed by atoms with E-state index in [-0.39, 0.29) is 0 Å². The van der Waals surface area contributed by atoms with Crippen molar-refractivity contribution < 1.29 is 0 Å². The van der Waals surface area contributed by atoms with Gasteiger partial charge in [0.05, 0.1) is 0 Å². The van der Waals surface area contributed by atoms with Crippen LogP contribution in [0.15, 0.2) is 18.2 Å². The topological polar surface area (TPSA) is 12.0 Å². The van der Waals surface area contributed by atoms with E-state index in [0.717, 1.165) is 13.0 Å². The number of nitrogens with one attached hydrogen (secondary N) is 1. The lowest BCUT2D eigenvalue weighted by Gasteiger charge is -2.04. The maximum atomic E-state index is 3.40. The molecule has 0 fully saturated rings. The Hall–Kier alpha value is -0.980. The third-order valence-electron chi connectivity index (χ3n) is 2.65. The summed E-state index contributed by atoms with van der Waals surface area (Å²) < 4.78 is 0. The molecule has 0 radical (unpaired) electrons. The zero-order valence-electron chi connectivity index (χ0n) is 7.72. The molecule has 1 nitrogen and oxygen atoms in total. The Kier molecular flexibility index (Phi) is 1.80. The summed E-state index contributed by atoms with van der Waals surface area (Å²) in [7, 11) is 0. The van der Waals surface area contributed by atoms with Crippen LogP contribution in [0.1, 0.15) is 30.9 Å². The number of anilines is 1. The predicted molar refractivity (Wildman–Crippen MR) is 52.7 cm³/mol. The van der Waals surface area contributed by atoms with Crippen LogP contribution in [0.25, 0.3) is 0 Å². The normalized spacial score (nSPS) is 20.3. The summed E-state index contributed by atoms with van der Waals surface area (Å²) >= 11 is 0. The lowest BCUT2D eigenvalue weighted by atomic mass is 10.0. The molecule has 0 saturated carbocycles. The Morgan fingerprint density at radius 2 is 2.33 bits per heavy atom. The number of aryl methyl sites for hydroxylation is 1. The second-order valence-corrected chi connectivity index (χ2v) is 3.56. The number of rotatable bonds is 1. The third kappa shape index (κ3) is 1.09. The van der Waals surface area contributed by atoms with Gasteiger partial charge < -0.3 is 5.32 Å². The van der Waals surface area contributed by atoms with E-state index in [0.29, 0.717) is 5.92 Å². The van der Waals surface area contributed by atoms with Gasteiger partial charge >= 0.3 is 0 Å². The number of hydrogen-bond donors (Lipinski definition) is 1. The van der Waals surface area contributed by atoms with E-state index in [1.165, 1.54) is 16.8 Å². The molecule has 1 aromatic carbocycles. The molecule has 0 aliphatic carbocycles. The summed E-state index contributed by atoms with van der Waals surface area (Å²) in [6, 6.07) is 6.75. The van der Waals surface area contributed by atoms with Gasteiger partial charge in [0.25, 0.3) is 0 Å². The van der Waals surface area contributed by atoms with Crippen molar-refractivity contribution in [2.75, 3.05) is 11.9 Å². The standard InChI is InChI=1S/C11H15N/c1-3-9-4-5-11-10(6-9)8(2)7-12-11/h4-6,8,12H,3,7H2,1-2H3. The highest BCUT2D eigenvalue weighted by Gasteiger charge is 2.17. The number of hydrogen-bond acceptors (Lipinski definition) is 1. The second-order valence-electron chi connectivity index (χ2n) is 3.56. The predicted octanol–water partition coefficient (Wildman–Crippen LogP) is 2.78. The highest BCUT2D eigenvalue weighted by Crippen LogP contribution is 2.31. The van der Waals surface area contributed by atoms with Crippen molar-refractivity contribution in [3.63, 3.8) is 0 Å². The average molecular weight is 161 g/mol. The van der Waals surface area contributed by atoms with E-state index in [1.807, 2.05) is 0 Å². The minimum Gasteiger partial charge on any atom is -0.384 e. The summed E-state index contributed by atoms with van der Waals surface area (Å²) in [6.07, 6.45) is 1.14. The smallest absolute Gasteiger partial charge is 0.0376 e. The fourth-order valence-corrected chi connectivity index (χ4v) is 1.77. The number of benzene rings is 1. The van der Waals surface area contributed by atoms with Crippen LogP contribution in [-0.4, -0.2) is 6.54 Å². The van der Waals surface area contributed by atoms with Gasteiger partial charge in [0, 0.05) is 18.2 Å². The van der Waals surface area contributed by atoms with Gasteiger partial charge in [-0.15, -0.1) is 0 Å². The van der Waals surface area contributed by atoms with Crippen LogP contribution in [-0.2, 0) is 6.42 Å². The van der Waals surface area contributed by atoms with Crippen molar-refractivity contribution in [1.82, 2.24) is 0 Å². The molecule has 64 valence electrons. The molecule has 1 aliphatic rings. The van der Waals surface area contributed by atoms with E-state index in [9.17, 15) is 0 Å². The van der Waals surface area contributed by atoms with E-state index in [2.05, 4.69) is 37.4 Å². The molecule has 1 heteroatoms. The SMILES string of the molecule is CCc1ccc2c(c1)C(C)CN2. The summed E-state index contributed by atoms with van der Waals surface area (Å²) in [5.74, 6) is 0.687. The Morgan fingerprint density at radius 1 is 1.50 bits per heavy atom. The van der Waals surface area contributed by atoms with Crippen LogP contribution in [0, 0.1) is 0 Å². The fraction of sp³-hybridized carbons (Fsp3) is 0.455. The molecule has 12 heavy (non-hydrogen) atoms. The second kappa shape index (κ2) is 2.81. The monoisotopic (exact) mass is 161 g/mol. The largest absolute Gasteiger partial charge is 0.384 e. The summed E-state index contributed by atoms with van der Waals surface area (Å²) in [5.41, 5.74) is 4.28. The highest BCUT2D eigenvalue weighted by atomic mass is 14.9. The average Bonchev–Trinajstić information content (AvgIpc) is 2.47. The Morgan fingerprint density at radius 3 is 3.08 bits per heavy atom. The van der Waals surface area contributed by atoms with Gasteiger partial charge in [-0.1, -0.05) is 26.0 Å². The minimum absolute atomic E-state index is 0.687. The molecule has 1 N–H and O–H groups in total. The van der Waals surface area contributed by atoms with Gasteiger partial charge in [0.1, 0.15) is 0 Å². The maximum Gasteiger partial charge on any atom is 0.0376 e. The van der Waals surface area contributed by atoms with Gasteiger partial charge in [-0.2, -0.15) is 0 Å². The lowest BCUT2D eigenvalue weighted by molar-refractivity contribution is 0.852. The van der Waals surface area contributed by atoms with E-state index in [4.69, 9.17) is 0 Å². The maximum absolute atomic E-state index is 3.40.